The van der Waals surface area contributed by atoms with Crippen molar-refractivity contribution < 1.29 is 22.7 Å². The van der Waals surface area contributed by atoms with E-state index in [2.05, 4.69) is 5.10 Å². The van der Waals surface area contributed by atoms with Crippen LogP contribution in [0.25, 0.3) is 0 Å². The van der Waals surface area contributed by atoms with Crippen LogP contribution >= 0.6 is 0 Å². The van der Waals surface area contributed by atoms with Crippen molar-refractivity contribution >= 4 is 5.91 Å². The van der Waals surface area contributed by atoms with Gasteiger partial charge in [0.2, 0.25) is 0 Å². The van der Waals surface area contributed by atoms with Gasteiger partial charge in [0, 0.05) is 37.8 Å². The van der Waals surface area contributed by atoms with Crippen LogP contribution in [0.15, 0.2) is 24.3 Å². The molecular formula is C22H26F3N3O2. The first-order chi connectivity index (χ1) is 14.1. The number of hydrogen-bond donors (Lipinski definition) is 0. The van der Waals surface area contributed by atoms with Crippen molar-refractivity contribution in [1.29, 1.82) is 0 Å². The third-order valence-corrected chi connectivity index (χ3v) is 6.17. The molecule has 0 saturated carbocycles. The van der Waals surface area contributed by atoms with Gasteiger partial charge in [0.05, 0.1) is 17.8 Å². The molecule has 2 aromatic rings. The summed E-state index contributed by atoms with van der Waals surface area (Å²) < 4.78 is 47.7. The number of piperidine rings is 1. The number of hydrogen-bond acceptors (Lipinski definition) is 3. The molecule has 0 spiro atoms. The molecule has 0 unspecified atom stereocenters. The summed E-state index contributed by atoms with van der Waals surface area (Å²) in [5.74, 6) is -0.383. The lowest BCUT2D eigenvalue weighted by Crippen LogP contribution is -2.39. The first-order valence-corrected chi connectivity index (χ1v) is 10.2. The van der Waals surface area contributed by atoms with Crippen molar-refractivity contribution in [2.75, 3.05) is 13.1 Å². The fourth-order valence-electron chi connectivity index (χ4n) is 4.52. The van der Waals surface area contributed by atoms with Gasteiger partial charge in [-0.3, -0.25) is 9.48 Å². The van der Waals surface area contributed by atoms with E-state index in [1.807, 2.05) is 20.9 Å². The number of benzene rings is 1. The molecule has 1 fully saturated rings. The molecule has 1 aromatic heterocycles. The number of ether oxygens (including phenoxy) is 1. The van der Waals surface area contributed by atoms with Crippen LogP contribution in [0.2, 0.25) is 0 Å². The van der Waals surface area contributed by atoms with Gasteiger partial charge in [-0.1, -0.05) is 18.2 Å². The van der Waals surface area contributed by atoms with Crippen LogP contribution in [-0.4, -0.2) is 39.3 Å². The Morgan fingerprint density at radius 1 is 1.20 bits per heavy atom. The summed E-state index contributed by atoms with van der Waals surface area (Å²) in [7, 11) is 1.83. The zero-order valence-electron chi connectivity index (χ0n) is 17.4. The third-order valence-electron chi connectivity index (χ3n) is 6.17. The number of amides is 1. The lowest BCUT2D eigenvalue weighted by atomic mass is 9.86. The van der Waals surface area contributed by atoms with E-state index in [4.69, 9.17) is 4.74 Å². The molecule has 0 aliphatic carbocycles. The summed E-state index contributed by atoms with van der Waals surface area (Å²) in [5.41, 5.74) is 1.68. The third kappa shape index (κ3) is 3.85. The van der Waals surface area contributed by atoms with E-state index in [1.165, 1.54) is 6.07 Å². The number of aryl methyl sites for hydroxylation is 1. The Morgan fingerprint density at radius 2 is 1.87 bits per heavy atom. The van der Waals surface area contributed by atoms with Crippen molar-refractivity contribution in [1.82, 2.24) is 14.7 Å². The monoisotopic (exact) mass is 421 g/mol. The van der Waals surface area contributed by atoms with Crippen molar-refractivity contribution in [2.45, 2.75) is 57.4 Å². The summed E-state index contributed by atoms with van der Waals surface area (Å²) in [5, 5.41) is 4.45. The number of nitrogens with zero attached hydrogens (tertiary/aromatic N) is 3. The van der Waals surface area contributed by atoms with E-state index in [0.717, 1.165) is 17.3 Å². The molecule has 5 nitrogen and oxygen atoms in total. The first-order valence-electron chi connectivity index (χ1n) is 10.2. The van der Waals surface area contributed by atoms with Gasteiger partial charge >= 0.3 is 6.18 Å². The predicted octanol–water partition coefficient (Wildman–Crippen LogP) is 4.31. The topological polar surface area (TPSA) is 47.4 Å². The van der Waals surface area contributed by atoms with Crippen LogP contribution < -0.4 is 0 Å². The number of aromatic nitrogens is 2. The van der Waals surface area contributed by atoms with E-state index < -0.39 is 11.7 Å². The lowest BCUT2D eigenvalue weighted by molar-refractivity contribution is -0.138. The Kier molecular flexibility index (Phi) is 5.16. The van der Waals surface area contributed by atoms with Crippen LogP contribution in [0.4, 0.5) is 13.2 Å². The van der Waals surface area contributed by atoms with E-state index in [1.54, 1.807) is 21.7 Å². The molecule has 8 heteroatoms. The molecular weight excluding hydrogens is 395 g/mol. The highest BCUT2D eigenvalue weighted by Gasteiger charge is 2.38. The predicted molar refractivity (Wildman–Crippen MR) is 105 cm³/mol. The minimum Gasteiger partial charge on any atom is -0.370 e. The highest BCUT2D eigenvalue weighted by molar-refractivity contribution is 5.94. The molecule has 1 saturated heterocycles. The average Bonchev–Trinajstić information content (AvgIpc) is 3.02. The lowest BCUT2D eigenvalue weighted by Gasteiger charge is -2.33. The Morgan fingerprint density at radius 3 is 2.53 bits per heavy atom. The molecule has 0 atom stereocenters. The zero-order chi connectivity index (χ0) is 21.7. The summed E-state index contributed by atoms with van der Waals surface area (Å²) >= 11 is 0. The van der Waals surface area contributed by atoms with Crippen molar-refractivity contribution in [3.63, 3.8) is 0 Å². The molecule has 0 radical (unpaired) electrons. The maximum absolute atomic E-state index is 13.4. The SMILES string of the molecule is Cn1nc(C(=O)N2CCC(c3ccccc3C(F)(F)F)CC2)c2c1CC(C)(C)OC2. The fourth-order valence-corrected chi connectivity index (χ4v) is 4.52. The molecule has 0 N–H and O–H groups in total. The molecule has 30 heavy (non-hydrogen) atoms. The number of fused-ring (bicyclic) bond motifs is 1. The minimum atomic E-state index is -4.37. The quantitative estimate of drug-likeness (QED) is 0.726. The number of carbonyl (C=O) groups excluding carboxylic acids is 1. The van der Waals surface area contributed by atoms with E-state index in [0.29, 0.717) is 50.2 Å². The summed E-state index contributed by atoms with van der Waals surface area (Å²) in [6, 6.07) is 5.75. The first kappa shape index (κ1) is 20.9. The average molecular weight is 421 g/mol. The van der Waals surface area contributed by atoms with Gasteiger partial charge in [-0.15, -0.1) is 0 Å². The number of alkyl halides is 3. The van der Waals surface area contributed by atoms with Crippen LogP contribution in [0, 0.1) is 0 Å². The van der Waals surface area contributed by atoms with Crippen LogP contribution in [0.5, 0.6) is 0 Å². The smallest absolute Gasteiger partial charge is 0.370 e. The molecule has 1 amide bonds. The molecule has 2 aliphatic rings. The van der Waals surface area contributed by atoms with Crippen molar-refractivity contribution in [2.24, 2.45) is 7.05 Å². The highest BCUT2D eigenvalue weighted by atomic mass is 19.4. The molecule has 4 rings (SSSR count). The van der Waals surface area contributed by atoms with Gasteiger partial charge in [0.1, 0.15) is 0 Å². The maximum Gasteiger partial charge on any atom is 0.416 e. The number of carbonyl (C=O) groups is 1. The number of rotatable bonds is 2. The van der Waals surface area contributed by atoms with E-state index >= 15 is 0 Å². The summed E-state index contributed by atoms with van der Waals surface area (Å²) in [6.07, 6.45) is -2.70. The molecule has 0 bridgehead atoms. The standard InChI is InChI=1S/C22H26F3N3O2/c1-21(2)12-18-16(13-30-21)19(26-27(18)3)20(29)28-10-8-14(9-11-28)15-6-4-5-7-17(15)22(23,24)25/h4-7,14H,8-13H2,1-3H3. The van der Waals surface area contributed by atoms with Gasteiger partial charge in [0.15, 0.2) is 5.69 Å². The molecule has 1 aromatic carbocycles. The Balaban J connectivity index is 1.49. The number of likely N-dealkylation sites (tertiary alicyclic amines) is 1. The Bertz CT molecular complexity index is 957. The van der Waals surface area contributed by atoms with Crippen LogP contribution in [0.1, 0.15) is 65.5 Å². The van der Waals surface area contributed by atoms with Crippen LogP contribution in [-0.2, 0) is 31.0 Å². The van der Waals surface area contributed by atoms with Crippen molar-refractivity contribution in [3.05, 3.63) is 52.3 Å². The van der Waals surface area contributed by atoms with Gasteiger partial charge in [-0.2, -0.15) is 18.3 Å². The Labute approximate surface area is 173 Å². The zero-order valence-corrected chi connectivity index (χ0v) is 17.4. The molecule has 2 aliphatic heterocycles. The maximum atomic E-state index is 13.4. The van der Waals surface area contributed by atoms with Gasteiger partial charge in [0.25, 0.3) is 5.91 Å². The highest BCUT2D eigenvalue weighted by Crippen LogP contribution is 2.39. The van der Waals surface area contributed by atoms with Gasteiger partial charge in [-0.05, 0) is 44.2 Å². The molecule has 162 valence electrons. The van der Waals surface area contributed by atoms with E-state index in [9.17, 15) is 18.0 Å². The minimum absolute atomic E-state index is 0.169. The summed E-state index contributed by atoms with van der Waals surface area (Å²) in [4.78, 5) is 14.8. The summed E-state index contributed by atoms with van der Waals surface area (Å²) in [6.45, 7) is 5.18. The number of halogens is 3. The van der Waals surface area contributed by atoms with Gasteiger partial charge in [-0.25, -0.2) is 0 Å². The Hall–Kier alpha value is -2.35. The van der Waals surface area contributed by atoms with Gasteiger partial charge < -0.3 is 9.64 Å². The normalized spacial score (nSPS) is 19.6. The largest absolute Gasteiger partial charge is 0.416 e. The molecule has 3 heterocycles. The fraction of sp³-hybridized carbons (Fsp3) is 0.545. The van der Waals surface area contributed by atoms with E-state index in [-0.39, 0.29) is 17.4 Å². The second-order valence-corrected chi connectivity index (χ2v) is 8.77. The second-order valence-electron chi connectivity index (χ2n) is 8.77. The van der Waals surface area contributed by atoms with Crippen LogP contribution in [0.3, 0.4) is 0 Å². The second kappa shape index (κ2) is 7.41. The van der Waals surface area contributed by atoms with Crippen molar-refractivity contribution in [3.8, 4) is 0 Å².